The highest BCUT2D eigenvalue weighted by molar-refractivity contribution is 5.42. The zero-order valence-electron chi connectivity index (χ0n) is 11.1. The van der Waals surface area contributed by atoms with E-state index in [0.29, 0.717) is 17.1 Å². The smallest absolute Gasteiger partial charge is 0.132 e. The van der Waals surface area contributed by atoms with Crippen LogP contribution in [0.3, 0.4) is 0 Å². The lowest BCUT2D eigenvalue weighted by Crippen LogP contribution is -2.01. The Bertz CT molecular complexity index is 558. The van der Waals surface area contributed by atoms with E-state index in [-0.39, 0.29) is 5.82 Å². The predicted octanol–water partition coefficient (Wildman–Crippen LogP) is 4.14. The number of halogens is 1. The van der Waals surface area contributed by atoms with Crippen molar-refractivity contribution in [1.29, 1.82) is 0 Å². The number of anilines is 1. The summed E-state index contributed by atoms with van der Waals surface area (Å²) in [6.07, 6.45) is 2.72. The second kappa shape index (κ2) is 6.18. The molecule has 0 saturated carbocycles. The summed E-state index contributed by atoms with van der Waals surface area (Å²) >= 11 is 0. The van der Waals surface area contributed by atoms with Crippen LogP contribution in [0.4, 0.5) is 10.2 Å². The topological polar surface area (TPSA) is 34.1 Å². The fraction of sp³-hybridized carbons (Fsp3) is 0.267. The summed E-state index contributed by atoms with van der Waals surface area (Å²) in [5, 5.41) is 3.19. The van der Waals surface area contributed by atoms with E-state index < -0.39 is 0 Å². The molecule has 0 atom stereocenters. The number of nitrogens with one attached hydrogen (secondary N) is 1. The summed E-state index contributed by atoms with van der Waals surface area (Å²) in [5.41, 5.74) is 0.566. The zero-order chi connectivity index (χ0) is 13.7. The Balaban J connectivity index is 2.11. The van der Waals surface area contributed by atoms with Gasteiger partial charge in [-0.05, 0) is 43.2 Å². The third-order valence-electron chi connectivity index (χ3n) is 2.65. The van der Waals surface area contributed by atoms with Crippen LogP contribution in [0.1, 0.15) is 18.9 Å². The van der Waals surface area contributed by atoms with E-state index in [0.717, 1.165) is 18.8 Å². The van der Waals surface area contributed by atoms with E-state index in [1.165, 1.54) is 6.07 Å². The first kappa shape index (κ1) is 13.3. The maximum Gasteiger partial charge on any atom is 0.132 e. The van der Waals surface area contributed by atoms with Crippen molar-refractivity contribution in [2.24, 2.45) is 0 Å². The molecule has 0 unspecified atom stereocenters. The Hall–Kier alpha value is -2.10. The maximum atomic E-state index is 13.2. The molecule has 1 aromatic heterocycles. The van der Waals surface area contributed by atoms with Gasteiger partial charge in [-0.2, -0.15) is 0 Å². The molecule has 19 heavy (non-hydrogen) atoms. The summed E-state index contributed by atoms with van der Waals surface area (Å²) < 4.78 is 18.9. The Morgan fingerprint density at radius 1 is 1.21 bits per heavy atom. The van der Waals surface area contributed by atoms with Crippen LogP contribution in [-0.4, -0.2) is 11.5 Å². The molecule has 0 bridgehead atoms. The SMILES string of the molecule is CCCNc1cc(Oc2ccc(F)c(C)c2)ccn1. The van der Waals surface area contributed by atoms with Gasteiger partial charge in [-0.3, -0.25) is 0 Å². The van der Waals surface area contributed by atoms with Crippen molar-refractivity contribution in [3.63, 3.8) is 0 Å². The molecule has 0 amide bonds. The molecule has 4 heteroatoms. The average Bonchev–Trinajstić information content (AvgIpc) is 2.41. The number of benzene rings is 1. The van der Waals surface area contributed by atoms with Crippen molar-refractivity contribution in [3.05, 3.63) is 47.9 Å². The Kier molecular flexibility index (Phi) is 4.34. The van der Waals surface area contributed by atoms with Crippen LogP contribution in [0.5, 0.6) is 11.5 Å². The Labute approximate surface area is 112 Å². The van der Waals surface area contributed by atoms with Gasteiger partial charge < -0.3 is 10.1 Å². The van der Waals surface area contributed by atoms with Gasteiger partial charge in [0, 0.05) is 18.8 Å². The van der Waals surface area contributed by atoms with Gasteiger partial charge in [-0.1, -0.05) is 6.92 Å². The van der Waals surface area contributed by atoms with Gasteiger partial charge >= 0.3 is 0 Å². The molecule has 1 N–H and O–H groups in total. The lowest BCUT2D eigenvalue weighted by atomic mass is 10.2. The van der Waals surface area contributed by atoms with Crippen LogP contribution in [0, 0.1) is 12.7 Å². The molecule has 0 aliphatic heterocycles. The molecular weight excluding hydrogens is 243 g/mol. The minimum absolute atomic E-state index is 0.229. The van der Waals surface area contributed by atoms with Crippen molar-refractivity contribution < 1.29 is 9.13 Å². The zero-order valence-corrected chi connectivity index (χ0v) is 11.1. The summed E-state index contributed by atoms with van der Waals surface area (Å²) in [6, 6.07) is 8.29. The van der Waals surface area contributed by atoms with E-state index in [1.54, 1.807) is 31.3 Å². The molecule has 0 aliphatic carbocycles. The molecule has 0 radical (unpaired) electrons. The van der Waals surface area contributed by atoms with E-state index in [2.05, 4.69) is 17.2 Å². The molecule has 0 fully saturated rings. The quantitative estimate of drug-likeness (QED) is 0.877. The van der Waals surface area contributed by atoms with Gasteiger partial charge in [0.1, 0.15) is 23.1 Å². The molecule has 1 aromatic carbocycles. The number of hydrogen-bond acceptors (Lipinski definition) is 3. The number of aryl methyl sites for hydroxylation is 1. The van der Waals surface area contributed by atoms with E-state index in [1.807, 2.05) is 6.07 Å². The van der Waals surface area contributed by atoms with E-state index >= 15 is 0 Å². The molecule has 0 saturated heterocycles. The fourth-order valence-corrected chi connectivity index (χ4v) is 1.64. The summed E-state index contributed by atoms with van der Waals surface area (Å²) in [7, 11) is 0. The lowest BCUT2D eigenvalue weighted by molar-refractivity contribution is 0.479. The van der Waals surface area contributed by atoms with Crippen LogP contribution >= 0.6 is 0 Å². The number of rotatable bonds is 5. The van der Waals surface area contributed by atoms with Crippen LogP contribution < -0.4 is 10.1 Å². The predicted molar refractivity (Wildman–Crippen MR) is 74.2 cm³/mol. The van der Waals surface area contributed by atoms with Crippen molar-refractivity contribution in [3.8, 4) is 11.5 Å². The molecule has 1 heterocycles. The highest BCUT2D eigenvalue weighted by Crippen LogP contribution is 2.24. The highest BCUT2D eigenvalue weighted by Gasteiger charge is 2.02. The van der Waals surface area contributed by atoms with Crippen LogP contribution in [0.15, 0.2) is 36.5 Å². The number of nitrogens with zero attached hydrogens (tertiary/aromatic N) is 1. The van der Waals surface area contributed by atoms with Gasteiger partial charge in [-0.25, -0.2) is 9.37 Å². The maximum absolute atomic E-state index is 13.2. The van der Waals surface area contributed by atoms with Gasteiger partial charge in [0.2, 0.25) is 0 Å². The number of ether oxygens (including phenoxy) is 1. The molecule has 3 nitrogen and oxygen atoms in total. The summed E-state index contributed by atoms with van der Waals surface area (Å²) in [5.74, 6) is 1.84. The highest BCUT2D eigenvalue weighted by atomic mass is 19.1. The second-order valence-electron chi connectivity index (χ2n) is 4.32. The molecule has 0 aliphatic rings. The largest absolute Gasteiger partial charge is 0.457 e. The third kappa shape index (κ3) is 3.68. The third-order valence-corrected chi connectivity index (χ3v) is 2.65. The molecule has 2 rings (SSSR count). The number of aromatic nitrogens is 1. The van der Waals surface area contributed by atoms with E-state index in [4.69, 9.17) is 4.74 Å². The van der Waals surface area contributed by atoms with Crippen molar-refractivity contribution in [1.82, 2.24) is 4.98 Å². The van der Waals surface area contributed by atoms with E-state index in [9.17, 15) is 4.39 Å². The minimum atomic E-state index is -0.229. The first-order valence-electron chi connectivity index (χ1n) is 6.33. The molecule has 100 valence electrons. The molecular formula is C15H17FN2O. The van der Waals surface area contributed by atoms with Gasteiger partial charge in [0.25, 0.3) is 0 Å². The molecule has 0 spiro atoms. The van der Waals surface area contributed by atoms with Crippen LogP contribution in [0.25, 0.3) is 0 Å². The van der Waals surface area contributed by atoms with Crippen LogP contribution in [-0.2, 0) is 0 Å². The fourth-order valence-electron chi connectivity index (χ4n) is 1.64. The van der Waals surface area contributed by atoms with Gasteiger partial charge in [-0.15, -0.1) is 0 Å². The Morgan fingerprint density at radius 2 is 2.00 bits per heavy atom. The van der Waals surface area contributed by atoms with Crippen molar-refractivity contribution >= 4 is 5.82 Å². The standard InChI is InChI=1S/C15H17FN2O/c1-3-7-17-15-10-13(6-8-18-15)19-12-4-5-14(16)11(2)9-12/h4-6,8-10H,3,7H2,1-2H3,(H,17,18). The minimum Gasteiger partial charge on any atom is -0.457 e. The number of hydrogen-bond donors (Lipinski definition) is 1. The first-order chi connectivity index (χ1) is 9.19. The monoisotopic (exact) mass is 260 g/mol. The van der Waals surface area contributed by atoms with Crippen molar-refractivity contribution in [2.75, 3.05) is 11.9 Å². The van der Waals surface area contributed by atoms with Crippen LogP contribution in [0.2, 0.25) is 0 Å². The average molecular weight is 260 g/mol. The lowest BCUT2D eigenvalue weighted by Gasteiger charge is -2.09. The second-order valence-corrected chi connectivity index (χ2v) is 4.32. The number of pyridine rings is 1. The normalized spacial score (nSPS) is 10.3. The van der Waals surface area contributed by atoms with Crippen molar-refractivity contribution in [2.45, 2.75) is 20.3 Å². The molecule has 2 aromatic rings. The van der Waals surface area contributed by atoms with Gasteiger partial charge in [0.15, 0.2) is 0 Å². The first-order valence-corrected chi connectivity index (χ1v) is 6.33. The summed E-state index contributed by atoms with van der Waals surface area (Å²) in [4.78, 5) is 4.20. The summed E-state index contributed by atoms with van der Waals surface area (Å²) in [6.45, 7) is 4.67. The Morgan fingerprint density at radius 3 is 2.74 bits per heavy atom. The van der Waals surface area contributed by atoms with Gasteiger partial charge in [0.05, 0.1) is 0 Å².